The van der Waals surface area contributed by atoms with Crippen molar-refractivity contribution in [2.75, 3.05) is 27.2 Å². The summed E-state index contributed by atoms with van der Waals surface area (Å²) in [5.74, 6) is 1.79. The van der Waals surface area contributed by atoms with E-state index in [1.165, 1.54) is 11.1 Å². The van der Waals surface area contributed by atoms with Crippen molar-refractivity contribution in [3.63, 3.8) is 0 Å². The van der Waals surface area contributed by atoms with Crippen LogP contribution in [0.1, 0.15) is 18.1 Å². The maximum Gasteiger partial charge on any atom is 0.193 e. The SMILES string of the molecule is CCOc1ccc(CN(C)C(=NC)NCCc2cnn(C)c2)cc1. The first kappa shape index (κ1) is 17.8. The zero-order valence-electron chi connectivity index (χ0n) is 15.0. The lowest BCUT2D eigenvalue weighted by Crippen LogP contribution is -2.39. The Kier molecular flexibility index (Phi) is 6.66. The Morgan fingerprint density at radius 2 is 2.04 bits per heavy atom. The van der Waals surface area contributed by atoms with E-state index in [-0.39, 0.29) is 0 Å². The standard InChI is InChI=1S/C18H27N5O/c1-5-24-17-8-6-15(7-9-17)13-22(3)18(19-2)20-11-10-16-12-21-23(4)14-16/h6-9,12,14H,5,10-11,13H2,1-4H3,(H,19,20). The van der Waals surface area contributed by atoms with Crippen LogP contribution in [0.5, 0.6) is 5.75 Å². The molecule has 0 amide bonds. The number of nitrogens with one attached hydrogen (secondary N) is 1. The second-order valence-corrected chi connectivity index (χ2v) is 5.68. The van der Waals surface area contributed by atoms with E-state index in [1.54, 1.807) is 7.05 Å². The molecule has 2 aromatic rings. The summed E-state index contributed by atoms with van der Waals surface area (Å²) in [7, 11) is 5.78. The van der Waals surface area contributed by atoms with Crippen LogP contribution in [0.4, 0.5) is 0 Å². The number of hydrogen-bond donors (Lipinski definition) is 1. The summed E-state index contributed by atoms with van der Waals surface area (Å²) < 4.78 is 7.30. The molecule has 130 valence electrons. The number of rotatable bonds is 7. The molecule has 0 aliphatic heterocycles. The highest BCUT2D eigenvalue weighted by Gasteiger charge is 2.07. The molecule has 0 bridgehead atoms. The van der Waals surface area contributed by atoms with E-state index in [1.807, 2.05) is 50.2 Å². The quantitative estimate of drug-likeness (QED) is 0.624. The zero-order valence-corrected chi connectivity index (χ0v) is 15.0. The van der Waals surface area contributed by atoms with Gasteiger partial charge in [0.15, 0.2) is 5.96 Å². The van der Waals surface area contributed by atoms with E-state index in [0.717, 1.165) is 31.2 Å². The molecule has 0 aliphatic carbocycles. The van der Waals surface area contributed by atoms with Gasteiger partial charge in [0.25, 0.3) is 0 Å². The Balaban J connectivity index is 1.83. The monoisotopic (exact) mass is 329 g/mol. The van der Waals surface area contributed by atoms with Crippen molar-refractivity contribution in [3.05, 3.63) is 47.8 Å². The predicted octanol–water partition coefficient (Wildman–Crippen LogP) is 2.07. The molecule has 0 atom stereocenters. The van der Waals surface area contributed by atoms with Crippen LogP contribution >= 0.6 is 0 Å². The third-order valence-electron chi connectivity index (χ3n) is 3.68. The summed E-state index contributed by atoms with van der Waals surface area (Å²) in [6.07, 6.45) is 4.85. The van der Waals surface area contributed by atoms with Crippen molar-refractivity contribution in [2.24, 2.45) is 12.0 Å². The first-order chi connectivity index (χ1) is 11.6. The van der Waals surface area contributed by atoms with Crippen LogP contribution in [0.3, 0.4) is 0 Å². The van der Waals surface area contributed by atoms with Crippen molar-refractivity contribution >= 4 is 5.96 Å². The van der Waals surface area contributed by atoms with Crippen LogP contribution in [-0.2, 0) is 20.0 Å². The predicted molar refractivity (Wildman–Crippen MR) is 97.4 cm³/mol. The van der Waals surface area contributed by atoms with Crippen LogP contribution in [0.2, 0.25) is 0 Å². The maximum absolute atomic E-state index is 5.47. The van der Waals surface area contributed by atoms with Crippen molar-refractivity contribution in [1.29, 1.82) is 0 Å². The number of nitrogens with zero attached hydrogens (tertiary/aromatic N) is 4. The van der Waals surface area contributed by atoms with Crippen LogP contribution in [0.15, 0.2) is 41.7 Å². The van der Waals surface area contributed by atoms with Gasteiger partial charge in [-0.2, -0.15) is 5.10 Å². The molecule has 0 spiro atoms. The lowest BCUT2D eigenvalue weighted by atomic mass is 10.2. The zero-order chi connectivity index (χ0) is 17.4. The van der Waals surface area contributed by atoms with Crippen molar-refractivity contribution in [2.45, 2.75) is 19.9 Å². The average Bonchev–Trinajstić information content (AvgIpc) is 2.99. The van der Waals surface area contributed by atoms with Gasteiger partial charge >= 0.3 is 0 Å². The van der Waals surface area contributed by atoms with E-state index < -0.39 is 0 Å². The fourth-order valence-corrected chi connectivity index (χ4v) is 2.51. The van der Waals surface area contributed by atoms with Crippen LogP contribution in [0, 0.1) is 0 Å². The molecule has 0 fully saturated rings. The molecule has 2 rings (SSSR count). The summed E-state index contributed by atoms with van der Waals surface area (Å²) in [5.41, 5.74) is 2.44. The van der Waals surface area contributed by atoms with Gasteiger partial charge in [0.1, 0.15) is 5.75 Å². The molecule has 0 saturated heterocycles. The minimum atomic E-state index is 0.687. The number of ether oxygens (including phenoxy) is 1. The summed E-state index contributed by atoms with van der Waals surface area (Å²) >= 11 is 0. The molecule has 0 unspecified atom stereocenters. The molecule has 6 heteroatoms. The average molecular weight is 329 g/mol. The molecule has 1 aromatic heterocycles. The Hall–Kier alpha value is -2.50. The summed E-state index contributed by atoms with van der Waals surface area (Å²) in [6, 6.07) is 8.19. The highest BCUT2D eigenvalue weighted by molar-refractivity contribution is 5.79. The molecule has 1 N–H and O–H groups in total. The molecule has 0 aliphatic rings. The topological polar surface area (TPSA) is 54.7 Å². The molecule has 24 heavy (non-hydrogen) atoms. The third kappa shape index (κ3) is 5.30. The Labute approximate surface area is 144 Å². The Morgan fingerprint density at radius 1 is 1.29 bits per heavy atom. The fraction of sp³-hybridized carbons (Fsp3) is 0.444. The number of hydrogen-bond acceptors (Lipinski definition) is 3. The van der Waals surface area contributed by atoms with Gasteiger partial charge in [0.2, 0.25) is 0 Å². The number of aromatic nitrogens is 2. The highest BCUT2D eigenvalue weighted by atomic mass is 16.5. The van der Waals surface area contributed by atoms with Gasteiger partial charge in [0, 0.05) is 40.4 Å². The largest absolute Gasteiger partial charge is 0.494 e. The van der Waals surface area contributed by atoms with Crippen molar-refractivity contribution in [1.82, 2.24) is 20.0 Å². The lowest BCUT2D eigenvalue weighted by molar-refractivity contribution is 0.340. The number of aryl methyl sites for hydroxylation is 1. The van der Waals surface area contributed by atoms with E-state index >= 15 is 0 Å². The van der Waals surface area contributed by atoms with E-state index in [0.29, 0.717) is 6.61 Å². The molecular weight excluding hydrogens is 302 g/mol. The third-order valence-corrected chi connectivity index (χ3v) is 3.68. The Morgan fingerprint density at radius 3 is 2.62 bits per heavy atom. The summed E-state index contributed by atoms with van der Waals surface area (Å²) in [4.78, 5) is 6.46. The van der Waals surface area contributed by atoms with Gasteiger partial charge in [-0.1, -0.05) is 12.1 Å². The fourth-order valence-electron chi connectivity index (χ4n) is 2.51. The normalized spacial score (nSPS) is 11.4. The van der Waals surface area contributed by atoms with Crippen molar-refractivity contribution in [3.8, 4) is 5.75 Å². The lowest BCUT2D eigenvalue weighted by Gasteiger charge is -2.22. The number of benzene rings is 1. The van der Waals surface area contributed by atoms with Gasteiger partial charge < -0.3 is 15.0 Å². The first-order valence-corrected chi connectivity index (χ1v) is 8.23. The summed E-state index contributed by atoms with van der Waals surface area (Å²) in [5, 5.41) is 7.58. The van der Waals surface area contributed by atoms with Gasteiger partial charge in [-0.3, -0.25) is 9.67 Å². The molecular formula is C18H27N5O. The van der Waals surface area contributed by atoms with Crippen LogP contribution < -0.4 is 10.1 Å². The second kappa shape index (κ2) is 8.96. The van der Waals surface area contributed by atoms with E-state index in [9.17, 15) is 0 Å². The van der Waals surface area contributed by atoms with E-state index in [2.05, 4.69) is 32.4 Å². The van der Waals surface area contributed by atoms with Crippen LogP contribution in [-0.4, -0.2) is 47.9 Å². The minimum absolute atomic E-state index is 0.687. The maximum atomic E-state index is 5.47. The molecule has 0 radical (unpaired) electrons. The van der Waals surface area contributed by atoms with Crippen molar-refractivity contribution < 1.29 is 4.74 Å². The number of aliphatic imine (C=N–C) groups is 1. The Bertz CT molecular complexity index is 648. The van der Waals surface area contributed by atoms with E-state index in [4.69, 9.17) is 4.74 Å². The van der Waals surface area contributed by atoms with Gasteiger partial charge in [0.05, 0.1) is 12.8 Å². The minimum Gasteiger partial charge on any atom is -0.494 e. The number of guanidine groups is 1. The molecule has 1 heterocycles. The van der Waals surface area contributed by atoms with Crippen LogP contribution in [0.25, 0.3) is 0 Å². The van der Waals surface area contributed by atoms with Gasteiger partial charge in [-0.15, -0.1) is 0 Å². The first-order valence-electron chi connectivity index (χ1n) is 8.23. The molecule has 0 saturated carbocycles. The smallest absolute Gasteiger partial charge is 0.193 e. The summed E-state index contributed by atoms with van der Waals surface area (Å²) in [6.45, 7) is 4.29. The second-order valence-electron chi connectivity index (χ2n) is 5.68. The molecule has 6 nitrogen and oxygen atoms in total. The van der Waals surface area contributed by atoms with Gasteiger partial charge in [-0.05, 0) is 36.6 Å². The molecule has 1 aromatic carbocycles. The van der Waals surface area contributed by atoms with Gasteiger partial charge in [-0.25, -0.2) is 0 Å². The highest BCUT2D eigenvalue weighted by Crippen LogP contribution is 2.13.